The van der Waals surface area contributed by atoms with Crippen LogP contribution in [0.15, 0.2) is 4.52 Å². The maximum atomic E-state index is 12.0. The number of likely N-dealkylation sites (tertiary alicyclic amines) is 1. The fourth-order valence-electron chi connectivity index (χ4n) is 2.76. The van der Waals surface area contributed by atoms with E-state index in [2.05, 4.69) is 19.8 Å². The summed E-state index contributed by atoms with van der Waals surface area (Å²) in [5, 5.41) is 4.07. The number of nitrogens with zero attached hydrogens (tertiary/aromatic N) is 3. The van der Waals surface area contributed by atoms with Crippen molar-refractivity contribution in [2.75, 3.05) is 32.8 Å². The van der Waals surface area contributed by atoms with Crippen LogP contribution in [0.5, 0.6) is 0 Å². The van der Waals surface area contributed by atoms with Gasteiger partial charge in [0.25, 0.3) is 0 Å². The number of alkyl halides is 3. The van der Waals surface area contributed by atoms with Crippen molar-refractivity contribution in [1.29, 1.82) is 0 Å². The van der Waals surface area contributed by atoms with E-state index in [0.29, 0.717) is 12.5 Å². The highest BCUT2D eigenvalue weighted by molar-refractivity contribution is 5.05. The molecule has 1 saturated heterocycles. The summed E-state index contributed by atoms with van der Waals surface area (Å²) in [4.78, 5) is 6.58. The summed E-state index contributed by atoms with van der Waals surface area (Å²) in [6.45, 7) is 1.03. The Morgan fingerprint density at radius 3 is 2.77 bits per heavy atom. The van der Waals surface area contributed by atoms with Crippen molar-refractivity contribution >= 4 is 0 Å². The maximum absolute atomic E-state index is 12.0. The summed E-state index contributed by atoms with van der Waals surface area (Å²) >= 11 is 0. The van der Waals surface area contributed by atoms with Crippen LogP contribution in [0.4, 0.5) is 13.2 Å². The van der Waals surface area contributed by atoms with Crippen molar-refractivity contribution in [2.24, 2.45) is 0 Å². The van der Waals surface area contributed by atoms with Gasteiger partial charge in [0.15, 0.2) is 5.82 Å². The zero-order valence-corrected chi connectivity index (χ0v) is 12.3. The third-order valence-corrected chi connectivity index (χ3v) is 4.07. The predicted molar refractivity (Wildman–Crippen MR) is 71.6 cm³/mol. The Morgan fingerprint density at radius 1 is 1.23 bits per heavy atom. The SMILES string of the molecule is FC(F)(F)COCCN1CCC[C@@H](c2noc(C3CC3)n2)C1. The first-order valence-electron chi connectivity index (χ1n) is 7.71. The minimum atomic E-state index is -4.26. The highest BCUT2D eigenvalue weighted by atomic mass is 19.4. The second kappa shape index (κ2) is 6.54. The van der Waals surface area contributed by atoms with Gasteiger partial charge in [0.2, 0.25) is 5.89 Å². The molecule has 0 radical (unpaired) electrons. The molecule has 2 fully saturated rings. The number of rotatable bonds is 6. The summed E-state index contributed by atoms with van der Waals surface area (Å²) in [7, 11) is 0. The Bertz CT molecular complexity index is 488. The Kier molecular flexibility index (Phi) is 4.67. The molecule has 0 bridgehead atoms. The normalized spacial score (nSPS) is 23.9. The number of piperidine rings is 1. The van der Waals surface area contributed by atoms with Gasteiger partial charge in [-0.05, 0) is 32.2 Å². The van der Waals surface area contributed by atoms with E-state index in [0.717, 1.165) is 50.5 Å². The molecule has 2 heterocycles. The standard InChI is InChI=1S/C14H20F3N3O2/c15-14(16,17)9-21-7-6-20-5-1-2-11(8-20)12-18-13(22-19-12)10-3-4-10/h10-11H,1-9H2/t11-/m1/s1. The van der Waals surface area contributed by atoms with Gasteiger partial charge >= 0.3 is 6.18 Å². The van der Waals surface area contributed by atoms with Crippen molar-refractivity contribution in [3.8, 4) is 0 Å². The third-order valence-electron chi connectivity index (χ3n) is 4.07. The van der Waals surface area contributed by atoms with Gasteiger partial charge in [-0.25, -0.2) is 0 Å². The highest BCUT2D eigenvalue weighted by Gasteiger charge is 2.32. The van der Waals surface area contributed by atoms with Crippen LogP contribution in [0.1, 0.15) is 49.2 Å². The molecular formula is C14H20F3N3O2. The molecule has 3 rings (SSSR count). The van der Waals surface area contributed by atoms with Gasteiger partial charge in [-0.3, -0.25) is 0 Å². The topological polar surface area (TPSA) is 51.4 Å². The Labute approximate surface area is 126 Å². The van der Waals surface area contributed by atoms with Gasteiger partial charge in [-0.2, -0.15) is 18.2 Å². The van der Waals surface area contributed by atoms with Crippen molar-refractivity contribution < 1.29 is 22.4 Å². The molecule has 0 amide bonds. The third kappa shape index (κ3) is 4.42. The summed E-state index contributed by atoms with van der Waals surface area (Å²) in [6, 6.07) is 0. The first kappa shape index (κ1) is 15.7. The minimum absolute atomic E-state index is 0.0891. The van der Waals surface area contributed by atoms with E-state index < -0.39 is 12.8 Å². The van der Waals surface area contributed by atoms with E-state index in [9.17, 15) is 13.2 Å². The zero-order chi connectivity index (χ0) is 15.6. The molecule has 1 aromatic rings. The number of ether oxygens (including phenoxy) is 1. The largest absolute Gasteiger partial charge is 0.411 e. The Balaban J connectivity index is 1.44. The fourth-order valence-corrected chi connectivity index (χ4v) is 2.76. The molecule has 22 heavy (non-hydrogen) atoms. The van der Waals surface area contributed by atoms with Crippen LogP contribution in [-0.4, -0.2) is 54.1 Å². The molecule has 0 spiro atoms. The molecule has 5 nitrogen and oxygen atoms in total. The highest BCUT2D eigenvalue weighted by Crippen LogP contribution is 2.39. The molecule has 0 aromatic carbocycles. The fraction of sp³-hybridized carbons (Fsp3) is 0.857. The number of aromatic nitrogens is 2. The van der Waals surface area contributed by atoms with E-state index in [1.165, 1.54) is 0 Å². The van der Waals surface area contributed by atoms with Crippen LogP contribution in [0, 0.1) is 0 Å². The van der Waals surface area contributed by atoms with Crippen LogP contribution in [-0.2, 0) is 4.74 Å². The summed E-state index contributed by atoms with van der Waals surface area (Å²) in [5.41, 5.74) is 0. The summed E-state index contributed by atoms with van der Waals surface area (Å²) < 4.78 is 46.0. The quantitative estimate of drug-likeness (QED) is 0.755. The second-order valence-corrected chi connectivity index (χ2v) is 6.07. The predicted octanol–water partition coefficient (Wildman–Crippen LogP) is 2.71. The van der Waals surface area contributed by atoms with Crippen LogP contribution in [0.2, 0.25) is 0 Å². The van der Waals surface area contributed by atoms with Gasteiger partial charge in [-0.15, -0.1) is 0 Å². The molecule has 1 aliphatic carbocycles. The lowest BCUT2D eigenvalue weighted by Gasteiger charge is -2.31. The van der Waals surface area contributed by atoms with E-state index in [4.69, 9.17) is 4.52 Å². The van der Waals surface area contributed by atoms with Crippen LogP contribution >= 0.6 is 0 Å². The molecule has 1 aromatic heterocycles. The molecule has 1 atom stereocenters. The maximum Gasteiger partial charge on any atom is 0.411 e. The van der Waals surface area contributed by atoms with E-state index in [1.54, 1.807) is 0 Å². The number of halogens is 3. The van der Waals surface area contributed by atoms with Crippen molar-refractivity contribution in [3.63, 3.8) is 0 Å². The van der Waals surface area contributed by atoms with Gasteiger partial charge in [-0.1, -0.05) is 5.16 Å². The van der Waals surface area contributed by atoms with Crippen molar-refractivity contribution in [1.82, 2.24) is 15.0 Å². The zero-order valence-electron chi connectivity index (χ0n) is 12.3. The minimum Gasteiger partial charge on any atom is -0.371 e. The first-order valence-corrected chi connectivity index (χ1v) is 7.71. The second-order valence-electron chi connectivity index (χ2n) is 6.07. The van der Waals surface area contributed by atoms with E-state index in [1.807, 2.05) is 0 Å². The lowest BCUT2D eigenvalue weighted by atomic mass is 9.97. The Morgan fingerprint density at radius 2 is 2.05 bits per heavy atom. The summed E-state index contributed by atoms with van der Waals surface area (Å²) in [6.07, 6.45) is -0.0427. The molecule has 124 valence electrons. The van der Waals surface area contributed by atoms with Crippen LogP contribution in [0.25, 0.3) is 0 Å². The number of hydrogen-bond donors (Lipinski definition) is 0. The lowest BCUT2D eigenvalue weighted by molar-refractivity contribution is -0.174. The Hall–Kier alpha value is -1.15. The average Bonchev–Trinajstić information content (AvgIpc) is 3.20. The van der Waals surface area contributed by atoms with Gasteiger partial charge in [0.1, 0.15) is 6.61 Å². The van der Waals surface area contributed by atoms with Crippen LogP contribution in [0.3, 0.4) is 0 Å². The molecule has 1 aliphatic heterocycles. The van der Waals surface area contributed by atoms with Crippen molar-refractivity contribution in [2.45, 2.75) is 43.7 Å². The molecule has 8 heteroatoms. The smallest absolute Gasteiger partial charge is 0.371 e. The molecule has 2 aliphatic rings. The van der Waals surface area contributed by atoms with Crippen molar-refractivity contribution in [3.05, 3.63) is 11.7 Å². The first-order chi connectivity index (χ1) is 10.5. The van der Waals surface area contributed by atoms with E-state index in [-0.39, 0.29) is 12.5 Å². The molecule has 0 unspecified atom stereocenters. The summed E-state index contributed by atoms with van der Waals surface area (Å²) in [5.74, 6) is 2.12. The van der Waals surface area contributed by atoms with Gasteiger partial charge < -0.3 is 14.2 Å². The van der Waals surface area contributed by atoms with Gasteiger partial charge in [0, 0.05) is 24.9 Å². The average molecular weight is 319 g/mol. The van der Waals surface area contributed by atoms with Crippen LogP contribution < -0.4 is 0 Å². The monoisotopic (exact) mass is 319 g/mol. The molecular weight excluding hydrogens is 299 g/mol. The molecule has 0 N–H and O–H groups in total. The molecule has 1 saturated carbocycles. The lowest BCUT2D eigenvalue weighted by Crippen LogP contribution is -2.37. The van der Waals surface area contributed by atoms with E-state index >= 15 is 0 Å². The number of hydrogen-bond acceptors (Lipinski definition) is 5. The van der Waals surface area contributed by atoms with Gasteiger partial charge in [0.05, 0.1) is 6.61 Å².